The van der Waals surface area contributed by atoms with E-state index in [9.17, 15) is 5.11 Å². The minimum absolute atomic E-state index is 0.639. The van der Waals surface area contributed by atoms with E-state index in [-0.39, 0.29) is 0 Å². The van der Waals surface area contributed by atoms with Crippen LogP contribution in [0.25, 0.3) is 10.8 Å². The van der Waals surface area contributed by atoms with Gasteiger partial charge in [-0.3, -0.25) is 0 Å². The number of halogens is 2. The van der Waals surface area contributed by atoms with Gasteiger partial charge in [-0.2, -0.15) is 0 Å². The van der Waals surface area contributed by atoms with E-state index in [1.54, 1.807) is 6.07 Å². The molecule has 0 aliphatic rings. The van der Waals surface area contributed by atoms with Gasteiger partial charge < -0.3 is 5.11 Å². The van der Waals surface area contributed by atoms with E-state index >= 15 is 0 Å². The van der Waals surface area contributed by atoms with Gasteiger partial charge >= 0.3 is 0 Å². The van der Waals surface area contributed by atoms with Crippen LogP contribution in [-0.2, 0) is 0 Å². The standard InChI is InChI=1S/C18H14BrClO/c1-11-6-8-15(14-5-3-2-4-13(11)14)18(21)12-7-9-17(20)16(19)10-12/h2-10,18,21H,1H3. The third-order valence-corrected chi connectivity index (χ3v) is 4.94. The fourth-order valence-electron chi connectivity index (χ4n) is 2.57. The van der Waals surface area contributed by atoms with E-state index in [0.29, 0.717) is 5.02 Å². The molecule has 0 amide bonds. The Morgan fingerprint density at radius 1 is 1.00 bits per heavy atom. The van der Waals surface area contributed by atoms with Gasteiger partial charge in [0, 0.05) is 4.47 Å². The molecule has 3 heteroatoms. The van der Waals surface area contributed by atoms with Gasteiger partial charge in [0.15, 0.2) is 0 Å². The van der Waals surface area contributed by atoms with Crippen molar-refractivity contribution in [2.24, 2.45) is 0 Å². The van der Waals surface area contributed by atoms with Gasteiger partial charge in [-0.05, 0) is 62.4 Å². The lowest BCUT2D eigenvalue weighted by Crippen LogP contribution is -2.01. The van der Waals surface area contributed by atoms with Crippen LogP contribution in [0.1, 0.15) is 22.8 Å². The number of hydrogen-bond donors (Lipinski definition) is 1. The van der Waals surface area contributed by atoms with Gasteiger partial charge in [-0.15, -0.1) is 0 Å². The highest BCUT2D eigenvalue weighted by Gasteiger charge is 2.15. The van der Waals surface area contributed by atoms with Crippen LogP contribution in [0.3, 0.4) is 0 Å². The molecule has 0 saturated carbocycles. The number of aliphatic hydroxyl groups excluding tert-OH is 1. The Morgan fingerprint density at radius 3 is 2.43 bits per heavy atom. The van der Waals surface area contributed by atoms with Crippen LogP contribution in [0.2, 0.25) is 5.02 Å². The molecule has 1 unspecified atom stereocenters. The van der Waals surface area contributed by atoms with E-state index in [1.165, 1.54) is 10.9 Å². The van der Waals surface area contributed by atoms with Gasteiger partial charge in [0.2, 0.25) is 0 Å². The molecule has 0 radical (unpaired) electrons. The first-order chi connectivity index (χ1) is 10.1. The second-order valence-corrected chi connectivity index (χ2v) is 6.35. The van der Waals surface area contributed by atoms with E-state index in [0.717, 1.165) is 21.0 Å². The second kappa shape index (κ2) is 5.80. The molecular formula is C18H14BrClO. The first kappa shape index (κ1) is 14.6. The van der Waals surface area contributed by atoms with Crippen molar-refractivity contribution < 1.29 is 5.11 Å². The molecule has 3 aromatic rings. The van der Waals surface area contributed by atoms with Crippen molar-refractivity contribution in [3.05, 3.63) is 80.8 Å². The van der Waals surface area contributed by atoms with Crippen molar-refractivity contribution in [3.63, 3.8) is 0 Å². The highest BCUT2D eigenvalue weighted by Crippen LogP contribution is 2.33. The summed E-state index contributed by atoms with van der Waals surface area (Å²) in [4.78, 5) is 0. The zero-order valence-corrected chi connectivity index (χ0v) is 13.8. The van der Waals surface area contributed by atoms with Crippen LogP contribution in [-0.4, -0.2) is 5.11 Å². The van der Waals surface area contributed by atoms with Crippen molar-refractivity contribution in [3.8, 4) is 0 Å². The number of aryl methyl sites for hydroxylation is 1. The SMILES string of the molecule is Cc1ccc(C(O)c2ccc(Cl)c(Br)c2)c2ccccc12. The van der Waals surface area contributed by atoms with Crippen molar-refractivity contribution in [1.29, 1.82) is 0 Å². The fraction of sp³-hybridized carbons (Fsp3) is 0.111. The van der Waals surface area contributed by atoms with Crippen molar-refractivity contribution in [1.82, 2.24) is 0 Å². The first-order valence-corrected chi connectivity index (χ1v) is 7.86. The summed E-state index contributed by atoms with van der Waals surface area (Å²) in [6.45, 7) is 2.08. The number of benzene rings is 3. The quantitative estimate of drug-likeness (QED) is 0.625. The summed E-state index contributed by atoms with van der Waals surface area (Å²) in [5, 5.41) is 13.6. The number of fused-ring (bicyclic) bond motifs is 1. The molecule has 1 N–H and O–H groups in total. The topological polar surface area (TPSA) is 20.2 Å². The molecule has 21 heavy (non-hydrogen) atoms. The lowest BCUT2D eigenvalue weighted by Gasteiger charge is -2.16. The molecule has 1 nitrogen and oxygen atoms in total. The molecule has 0 spiro atoms. The molecule has 0 saturated heterocycles. The van der Waals surface area contributed by atoms with Crippen molar-refractivity contribution in [2.75, 3.05) is 0 Å². The van der Waals surface area contributed by atoms with E-state index in [1.807, 2.05) is 42.5 Å². The van der Waals surface area contributed by atoms with E-state index < -0.39 is 6.10 Å². The molecule has 0 heterocycles. The summed E-state index contributed by atoms with van der Waals surface area (Å²) in [7, 11) is 0. The predicted molar refractivity (Wildman–Crippen MR) is 91.9 cm³/mol. The molecule has 3 aromatic carbocycles. The van der Waals surface area contributed by atoms with Crippen LogP contribution in [0, 0.1) is 6.92 Å². The Bertz CT molecular complexity index is 813. The number of rotatable bonds is 2. The molecule has 0 aromatic heterocycles. The maximum Gasteiger partial charge on any atom is 0.105 e. The molecule has 106 valence electrons. The summed E-state index contributed by atoms with van der Waals surface area (Å²) in [5.74, 6) is 0. The molecule has 1 atom stereocenters. The Morgan fingerprint density at radius 2 is 1.71 bits per heavy atom. The maximum absolute atomic E-state index is 10.7. The number of aliphatic hydroxyl groups is 1. The lowest BCUT2D eigenvalue weighted by atomic mass is 9.94. The van der Waals surface area contributed by atoms with Crippen LogP contribution in [0.5, 0.6) is 0 Å². The van der Waals surface area contributed by atoms with Crippen molar-refractivity contribution >= 4 is 38.3 Å². The van der Waals surface area contributed by atoms with Crippen LogP contribution in [0.4, 0.5) is 0 Å². The highest BCUT2D eigenvalue weighted by atomic mass is 79.9. The largest absolute Gasteiger partial charge is 0.384 e. The maximum atomic E-state index is 10.7. The molecule has 0 bridgehead atoms. The Labute approximate surface area is 137 Å². The molecule has 0 aliphatic heterocycles. The fourth-order valence-corrected chi connectivity index (χ4v) is 3.09. The summed E-state index contributed by atoms with van der Waals surface area (Å²) in [5.41, 5.74) is 2.93. The van der Waals surface area contributed by atoms with Crippen LogP contribution < -0.4 is 0 Å². The molecule has 0 fully saturated rings. The minimum Gasteiger partial charge on any atom is -0.384 e. The van der Waals surface area contributed by atoms with Crippen molar-refractivity contribution in [2.45, 2.75) is 13.0 Å². The average molecular weight is 362 g/mol. The van der Waals surface area contributed by atoms with Gasteiger partial charge in [0.1, 0.15) is 6.10 Å². The lowest BCUT2D eigenvalue weighted by molar-refractivity contribution is 0.222. The third kappa shape index (κ3) is 2.71. The molecular weight excluding hydrogens is 348 g/mol. The van der Waals surface area contributed by atoms with E-state index in [4.69, 9.17) is 11.6 Å². The third-order valence-electron chi connectivity index (χ3n) is 3.73. The average Bonchev–Trinajstić information content (AvgIpc) is 2.50. The summed E-state index contributed by atoms with van der Waals surface area (Å²) in [6, 6.07) is 17.7. The zero-order valence-electron chi connectivity index (χ0n) is 11.5. The molecule has 3 rings (SSSR count). The Hall–Kier alpha value is -1.35. The monoisotopic (exact) mass is 360 g/mol. The van der Waals surface area contributed by atoms with E-state index in [2.05, 4.69) is 28.9 Å². The zero-order chi connectivity index (χ0) is 15.0. The van der Waals surface area contributed by atoms with Gasteiger partial charge in [0.25, 0.3) is 0 Å². The van der Waals surface area contributed by atoms with Gasteiger partial charge in [0.05, 0.1) is 5.02 Å². The molecule has 0 aliphatic carbocycles. The smallest absolute Gasteiger partial charge is 0.105 e. The minimum atomic E-state index is -0.677. The van der Waals surface area contributed by atoms with Crippen LogP contribution >= 0.6 is 27.5 Å². The highest BCUT2D eigenvalue weighted by molar-refractivity contribution is 9.10. The summed E-state index contributed by atoms with van der Waals surface area (Å²) in [6.07, 6.45) is -0.677. The number of hydrogen-bond acceptors (Lipinski definition) is 1. The first-order valence-electron chi connectivity index (χ1n) is 6.69. The van der Waals surface area contributed by atoms with Gasteiger partial charge in [-0.25, -0.2) is 0 Å². The Balaban J connectivity index is 2.15. The van der Waals surface area contributed by atoms with Gasteiger partial charge in [-0.1, -0.05) is 54.1 Å². The van der Waals surface area contributed by atoms with Crippen LogP contribution in [0.15, 0.2) is 59.1 Å². The normalized spacial score (nSPS) is 12.6. The second-order valence-electron chi connectivity index (χ2n) is 5.09. The Kier molecular flexibility index (Phi) is 4.03. The predicted octanol–water partition coefficient (Wildman–Crippen LogP) is 5.65. The summed E-state index contributed by atoms with van der Waals surface area (Å²) >= 11 is 9.42. The summed E-state index contributed by atoms with van der Waals surface area (Å²) < 4.78 is 0.789.